The maximum atomic E-state index is 15.5. The Balaban J connectivity index is 1.25. The highest BCUT2D eigenvalue weighted by molar-refractivity contribution is 6.10. The zero-order chi connectivity index (χ0) is 33.2. The van der Waals surface area contributed by atoms with Crippen molar-refractivity contribution in [2.75, 3.05) is 29.9 Å². The van der Waals surface area contributed by atoms with Crippen molar-refractivity contribution in [1.29, 1.82) is 0 Å². The lowest BCUT2D eigenvalue weighted by Crippen LogP contribution is -2.52. The van der Waals surface area contributed by atoms with E-state index in [1.54, 1.807) is 48.5 Å². The molecule has 3 aromatic carbocycles. The molecule has 4 heterocycles. The number of aryl methyl sites for hydroxylation is 1. The number of fused-ring (bicyclic) bond motifs is 5. The van der Waals surface area contributed by atoms with Crippen LogP contribution in [0.5, 0.6) is 0 Å². The molecule has 8 rings (SSSR count). The molecular formula is C36H37FN8O3. The van der Waals surface area contributed by atoms with Crippen molar-refractivity contribution in [3.63, 3.8) is 0 Å². The number of carbonyl (C=O) groups excluding carboxylic acids is 3. The molecule has 1 saturated carbocycles. The van der Waals surface area contributed by atoms with Crippen molar-refractivity contribution >= 4 is 34.8 Å². The molecule has 4 aromatic rings. The third-order valence-electron chi connectivity index (χ3n) is 9.67. The van der Waals surface area contributed by atoms with E-state index in [0.29, 0.717) is 65.2 Å². The maximum Gasteiger partial charge on any atom is 0.320 e. The first kappa shape index (κ1) is 31.2. The van der Waals surface area contributed by atoms with Gasteiger partial charge in [0.05, 0.1) is 5.69 Å². The van der Waals surface area contributed by atoms with Crippen molar-refractivity contribution in [1.82, 2.24) is 30.8 Å². The van der Waals surface area contributed by atoms with Gasteiger partial charge in [-0.1, -0.05) is 55.5 Å². The van der Waals surface area contributed by atoms with Gasteiger partial charge in [0.2, 0.25) is 11.7 Å². The van der Waals surface area contributed by atoms with E-state index in [1.165, 1.54) is 11.0 Å². The molecule has 0 radical (unpaired) electrons. The first-order chi connectivity index (χ1) is 23.4. The smallest absolute Gasteiger partial charge is 0.320 e. The molecule has 11 nitrogen and oxygen atoms in total. The van der Waals surface area contributed by atoms with Gasteiger partial charge in [-0.15, -0.1) is 10.2 Å². The number of nitrogens with zero attached hydrogens (tertiary/aromatic N) is 5. The number of urea groups is 1. The molecule has 3 fully saturated rings. The molecule has 1 aliphatic carbocycles. The lowest BCUT2D eigenvalue weighted by atomic mass is 9.84. The van der Waals surface area contributed by atoms with Crippen LogP contribution in [-0.2, 0) is 16.0 Å². The van der Waals surface area contributed by atoms with Crippen LogP contribution in [0, 0.1) is 17.7 Å². The van der Waals surface area contributed by atoms with Gasteiger partial charge in [0.15, 0.2) is 0 Å². The fraction of sp³-hybridized carbons (Fsp3) is 0.333. The predicted molar refractivity (Wildman–Crippen MR) is 179 cm³/mol. The number of rotatable bonds is 7. The van der Waals surface area contributed by atoms with E-state index in [4.69, 9.17) is 0 Å². The van der Waals surface area contributed by atoms with Crippen molar-refractivity contribution < 1.29 is 18.8 Å². The third-order valence-corrected chi connectivity index (χ3v) is 9.67. The summed E-state index contributed by atoms with van der Waals surface area (Å²) in [7, 11) is 0. The Bertz CT molecular complexity index is 1850. The SMILES string of the molecule is CCc1cccc2c1N(CC(=O)N1CC3CCC(CC3)C1)C(=O)[C@H](NC(=O)Nc1cccc(-c3nn[nH]n3)c1)C=C2c1ccccc1F. The van der Waals surface area contributed by atoms with E-state index in [0.717, 1.165) is 31.2 Å². The van der Waals surface area contributed by atoms with Gasteiger partial charge in [-0.2, -0.15) is 5.21 Å². The minimum Gasteiger partial charge on any atom is -0.341 e. The molecule has 0 spiro atoms. The molecule has 4 amide bonds. The zero-order valence-electron chi connectivity index (χ0n) is 26.7. The second-order valence-corrected chi connectivity index (χ2v) is 12.7. The Morgan fingerprint density at radius 3 is 2.40 bits per heavy atom. The molecule has 3 aliphatic heterocycles. The van der Waals surface area contributed by atoms with Gasteiger partial charge in [-0.3, -0.25) is 9.59 Å². The fourth-order valence-corrected chi connectivity index (χ4v) is 7.26. The van der Waals surface area contributed by atoms with Crippen molar-refractivity contribution in [3.05, 3.63) is 95.3 Å². The average molecular weight is 649 g/mol. The average Bonchev–Trinajstić information content (AvgIpc) is 3.43. The number of para-hydroxylation sites is 1. The van der Waals surface area contributed by atoms with Crippen LogP contribution >= 0.6 is 0 Å². The predicted octanol–water partition coefficient (Wildman–Crippen LogP) is 5.19. The summed E-state index contributed by atoms with van der Waals surface area (Å²) in [6.07, 6.45) is 6.65. The molecule has 48 heavy (non-hydrogen) atoms. The highest BCUT2D eigenvalue weighted by Gasteiger charge is 2.37. The number of H-pyrrole nitrogens is 1. The number of tetrazole rings is 1. The Morgan fingerprint density at radius 2 is 1.69 bits per heavy atom. The van der Waals surface area contributed by atoms with Crippen LogP contribution in [-0.4, -0.2) is 69.0 Å². The molecule has 1 aromatic heterocycles. The van der Waals surface area contributed by atoms with Crippen LogP contribution in [0.25, 0.3) is 17.0 Å². The summed E-state index contributed by atoms with van der Waals surface area (Å²) < 4.78 is 15.5. The Labute approximate surface area is 277 Å². The number of carbonyl (C=O) groups is 3. The molecule has 2 saturated heterocycles. The number of nitrogens with one attached hydrogen (secondary N) is 3. The van der Waals surface area contributed by atoms with E-state index in [9.17, 15) is 14.4 Å². The highest BCUT2D eigenvalue weighted by atomic mass is 19.1. The number of amides is 4. The van der Waals surface area contributed by atoms with Crippen molar-refractivity contribution in [2.45, 2.75) is 45.1 Å². The van der Waals surface area contributed by atoms with Crippen LogP contribution < -0.4 is 15.5 Å². The Hall–Kier alpha value is -5.39. The lowest BCUT2D eigenvalue weighted by molar-refractivity contribution is -0.132. The van der Waals surface area contributed by atoms with Crippen molar-refractivity contribution in [2.24, 2.45) is 11.8 Å². The van der Waals surface area contributed by atoms with Crippen LogP contribution in [0.2, 0.25) is 0 Å². The molecule has 246 valence electrons. The highest BCUT2D eigenvalue weighted by Crippen LogP contribution is 2.39. The van der Waals surface area contributed by atoms with Gasteiger partial charge in [-0.05, 0) is 84.6 Å². The number of anilines is 2. The lowest BCUT2D eigenvalue weighted by Gasteiger charge is -2.31. The number of hydrogen-bond acceptors (Lipinski definition) is 6. The summed E-state index contributed by atoms with van der Waals surface area (Å²) in [6.45, 7) is 3.17. The van der Waals surface area contributed by atoms with Crippen LogP contribution in [0.15, 0.2) is 72.8 Å². The first-order valence-corrected chi connectivity index (χ1v) is 16.5. The molecule has 3 N–H and O–H groups in total. The van der Waals surface area contributed by atoms with Gasteiger partial charge >= 0.3 is 6.03 Å². The number of halogens is 1. The summed E-state index contributed by atoms with van der Waals surface area (Å²) in [5.41, 5.74) is 3.83. The monoisotopic (exact) mass is 648 g/mol. The normalized spacial score (nSPS) is 20.4. The quantitative estimate of drug-likeness (QED) is 0.253. The summed E-state index contributed by atoms with van der Waals surface area (Å²) in [5, 5.41) is 19.6. The van der Waals surface area contributed by atoms with Gasteiger partial charge in [-0.25, -0.2) is 9.18 Å². The second kappa shape index (κ2) is 13.4. The summed E-state index contributed by atoms with van der Waals surface area (Å²) in [6, 6.07) is 17.0. The Morgan fingerprint density at radius 1 is 0.958 bits per heavy atom. The molecule has 1 atom stereocenters. The van der Waals surface area contributed by atoms with Gasteiger partial charge < -0.3 is 20.4 Å². The van der Waals surface area contributed by atoms with Crippen LogP contribution in [0.1, 0.15) is 49.3 Å². The summed E-state index contributed by atoms with van der Waals surface area (Å²) >= 11 is 0. The largest absolute Gasteiger partial charge is 0.341 e. The van der Waals surface area contributed by atoms with Gasteiger partial charge in [0, 0.05) is 35.5 Å². The topological polar surface area (TPSA) is 136 Å². The van der Waals surface area contributed by atoms with Crippen LogP contribution in [0.4, 0.5) is 20.6 Å². The van der Waals surface area contributed by atoms with Crippen molar-refractivity contribution in [3.8, 4) is 11.4 Å². The van der Waals surface area contributed by atoms with E-state index in [1.807, 2.05) is 30.0 Å². The molecule has 4 aliphatic rings. The van der Waals surface area contributed by atoms with E-state index < -0.39 is 23.8 Å². The summed E-state index contributed by atoms with van der Waals surface area (Å²) in [5.74, 6) is 0.224. The zero-order valence-corrected chi connectivity index (χ0v) is 26.7. The van der Waals surface area contributed by atoms with E-state index in [2.05, 4.69) is 31.3 Å². The first-order valence-electron chi connectivity index (χ1n) is 16.5. The number of aromatic amines is 1. The Kier molecular flexibility index (Phi) is 8.70. The fourth-order valence-electron chi connectivity index (χ4n) is 7.26. The maximum absolute atomic E-state index is 15.5. The third kappa shape index (κ3) is 6.29. The van der Waals surface area contributed by atoms with E-state index in [-0.39, 0.29) is 18.0 Å². The number of aromatic nitrogens is 4. The minimum atomic E-state index is -1.22. The van der Waals surface area contributed by atoms with Crippen LogP contribution in [0.3, 0.4) is 0 Å². The number of benzene rings is 3. The molecule has 12 heteroatoms. The molecule has 2 bridgehead atoms. The molecule has 0 unspecified atom stereocenters. The molecular weight excluding hydrogens is 611 g/mol. The number of hydrogen-bond donors (Lipinski definition) is 3. The van der Waals surface area contributed by atoms with Gasteiger partial charge in [0.25, 0.3) is 5.91 Å². The second-order valence-electron chi connectivity index (χ2n) is 12.7. The summed E-state index contributed by atoms with van der Waals surface area (Å²) in [4.78, 5) is 45.6. The minimum absolute atomic E-state index is 0.130. The standard InChI is InChI=1S/C36H37FN8O3/c1-2-24-7-6-11-28-29(27-10-3-4-12-30(27)37)18-31(39-36(48)38-26-9-5-8-25(17-26)34-40-42-43-41-34)35(47)45(33(24)28)21-32(46)44-19-22-13-14-23(20-44)16-15-22/h3-12,17-18,22-23,31H,2,13-16,19-21H2,1H3,(H2,38,39,48)(H,40,41,42,43)/t22?,23?,31-/m1/s1. The van der Waals surface area contributed by atoms with Gasteiger partial charge in [0.1, 0.15) is 18.4 Å². The van der Waals surface area contributed by atoms with E-state index >= 15 is 4.39 Å².